The van der Waals surface area contributed by atoms with E-state index in [-0.39, 0.29) is 13.2 Å². The van der Waals surface area contributed by atoms with Crippen LogP contribution >= 0.6 is 0 Å². The van der Waals surface area contributed by atoms with Gasteiger partial charge in [0.05, 0.1) is 13.2 Å². The van der Waals surface area contributed by atoms with E-state index in [0.29, 0.717) is 0 Å². The Hall–Kier alpha value is -0.170. The first-order chi connectivity index (χ1) is 8.62. The molecule has 0 aliphatic carbocycles. The Morgan fingerprint density at radius 1 is 0.833 bits per heavy atom. The van der Waals surface area contributed by atoms with Crippen LogP contribution in [-0.4, -0.2) is 21.6 Å². The van der Waals surface area contributed by atoms with E-state index in [1.54, 1.807) is 6.92 Å². The summed E-state index contributed by atoms with van der Waals surface area (Å²) in [7, 11) is -3.97. The van der Waals surface area contributed by atoms with E-state index in [1.165, 1.54) is 32.1 Å². The zero-order valence-corrected chi connectivity index (χ0v) is 12.3. The molecule has 6 heteroatoms. The van der Waals surface area contributed by atoms with Crippen LogP contribution in [0.3, 0.4) is 0 Å². The third kappa shape index (κ3) is 12.3. The molecule has 0 aromatic heterocycles. The van der Waals surface area contributed by atoms with E-state index >= 15 is 0 Å². The average molecular weight is 282 g/mol. The molecule has 0 saturated carbocycles. The average Bonchev–Trinajstić information content (AvgIpc) is 2.34. The van der Waals surface area contributed by atoms with Crippen molar-refractivity contribution in [1.82, 2.24) is 0 Å². The van der Waals surface area contributed by atoms with E-state index in [4.69, 9.17) is 0 Å². The summed E-state index contributed by atoms with van der Waals surface area (Å²) in [5, 5.41) is 0. The van der Waals surface area contributed by atoms with Crippen LogP contribution in [0, 0.1) is 0 Å². The summed E-state index contributed by atoms with van der Waals surface area (Å²) in [6, 6.07) is 0. The van der Waals surface area contributed by atoms with Crippen molar-refractivity contribution < 1.29 is 21.8 Å². The summed E-state index contributed by atoms with van der Waals surface area (Å²) in [5.74, 6) is 0. The molecule has 110 valence electrons. The maximum atomic E-state index is 11.0. The lowest BCUT2D eigenvalue weighted by Crippen LogP contribution is -2.11. The zero-order valence-electron chi connectivity index (χ0n) is 11.5. The molecular formula is C12H26O5S. The molecular weight excluding hydrogens is 256 g/mol. The Morgan fingerprint density at radius 2 is 1.39 bits per heavy atom. The van der Waals surface area contributed by atoms with E-state index in [1.807, 2.05) is 0 Å². The highest BCUT2D eigenvalue weighted by molar-refractivity contribution is 7.81. The lowest BCUT2D eigenvalue weighted by Gasteiger charge is -2.04. The number of rotatable bonds is 13. The molecule has 0 bridgehead atoms. The smallest absolute Gasteiger partial charge is 0.246 e. The quantitative estimate of drug-likeness (QED) is 0.294. The van der Waals surface area contributed by atoms with Crippen LogP contribution in [0.4, 0.5) is 0 Å². The fourth-order valence-electron chi connectivity index (χ4n) is 1.52. The Bertz CT molecular complexity index is 264. The van der Waals surface area contributed by atoms with Crippen molar-refractivity contribution in [3.05, 3.63) is 0 Å². The molecule has 0 saturated heterocycles. The topological polar surface area (TPSA) is 61.8 Å². The van der Waals surface area contributed by atoms with Crippen molar-refractivity contribution in [2.75, 3.05) is 13.2 Å². The van der Waals surface area contributed by atoms with Gasteiger partial charge in [0.2, 0.25) is 0 Å². The summed E-state index contributed by atoms with van der Waals surface area (Å²) in [6.07, 6.45) is 9.16. The Morgan fingerprint density at radius 3 is 1.94 bits per heavy atom. The molecule has 0 amide bonds. The minimum atomic E-state index is -3.97. The van der Waals surface area contributed by atoms with Gasteiger partial charge in [-0.1, -0.05) is 56.2 Å². The van der Waals surface area contributed by atoms with Crippen LogP contribution in [0.2, 0.25) is 0 Å². The second-order valence-corrected chi connectivity index (χ2v) is 5.37. The molecule has 0 unspecified atom stereocenters. The summed E-state index contributed by atoms with van der Waals surface area (Å²) in [6.45, 7) is 4.15. The van der Waals surface area contributed by atoms with Crippen molar-refractivity contribution in [1.29, 1.82) is 0 Å². The van der Waals surface area contributed by atoms with Crippen LogP contribution in [0.15, 0.2) is 0 Å². The standard InChI is InChI=1S/C12H26O5S/c1-3-5-6-7-8-9-10-11-12-16-18(13,14)17-15-4-2/h3-12H2,1-2H3. The van der Waals surface area contributed by atoms with Crippen LogP contribution in [0.5, 0.6) is 0 Å². The Balaban J connectivity index is 3.29. The van der Waals surface area contributed by atoms with Gasteiger partial charge in [0.15, 0.2) is 0 Å². The predicted octanol–water partition coefficient (Wildman–Crippen LogP) is 3.36. The molecule has 0 aliphatic heterocycles. The molecule has 0 aromatic rings. The first-order valence-corrected chi connectivity index (χ1v) is 8.16. The second-order valence-electron chi connectivity index (χ2n) is 4.18. The molecule has 0 fully saturated rings. The first-order valence-electron chi connectivity index (χ1n) is 6.82. The van der Waals surface area contributed by atoms with Gasteiger partial charge in [-0.05, 0) is 13.3 Å². The highest BCUT2D eigenvalue weighted by Gasteiger charge is 2.12. The number of hydrogen-bond donors (Lipinski definition) is 0. The summed E-state index contributed by atoms with van der Waals surface area (Å²) >= 11 is 0. The molecule has 0 heterocycles. The molecule has 0 spiro atoms. The highest BCUT2D eigenvalue weighted by atomic mass is 32.3. The predicted molar refractivity (Wildman–Crippen MR) is 70.2 cm³/mol. The molecule has 5 nitrogen and oxygen atoms in total. The van der Waals surface area contributed by atoms with Gasteiger partial charge < -0.3 is 0 Å². The lowest BCUT2D eigenvalue weighted by molar-refractivity contribution is -0.205. The van der Waals surface area contributed by atoms with Crippen molar-refractivity contribution in [3.8, 4) is 0 Å². The van der Waals surface area contributed by atoms with Gasteiger partial charge in [-0.2, -0.15) is 8.42 Å². The van der Waals surface area contributed by atoms with Crippen molar-refractivity contribution in [3.63, 3.8) is 0 Å². The van der Waals surface area contributed by atoms with Gasteiger partial charge in [0.1, 0.15) is 0 Å². The molecule has 0 aromatic carbocycles. The van der Waals surface area contributed by atoms with Crippen LogP contribution in [0.25, 0.3) is 0 Å². The van der Waals surface area contributed by atoms with Gasteiger partial charge in [0.25, 0.3) is 0 Å². The third-order valence-corrected chi connectivity index (χ3v) is 3.19. The maximum absolute atomic E-state index is 11.0. The van der Waals surface area contributed by atoms with E-state index in [0.717, 1.165) is 19.3 Å². The molecule has 0 radical (unpaired) electrons. The SMILES string of the molecule is CCCCCCCCCCOS(=O)(=O)OOCC. The fraction of sp³-hybridized carbons (Fsp3) is 1.00. The molecule has 0 N–H and O–H groups in total. The Kier molecular flexibility index (Phi) is 11.8. The maximum Gasteiger partial charge on any atom is 0.426 e. The highest BCUT2D eigenvalue weighted by Crippen LogP contribution is 2.09. The first kappa shape index (κ1) is 17.8. The molecule has 0 aliphatic rings. The minimum absolute atomic E-state index is 0.157. The van der Waals surface area contributed by atoms with Crippen LogP contribution < -0.4 is 0 Å². The third-order valence-electron chi connectivity index (χ3n) is 2.47. The van der Waals surface area contributed by atoms with Gasteiger partial charge in [-0.25, -0.2) is 9.07 Å². The molecule has 0 rings (SSSR count). The van der Waals surface area contributed by atoms with Crippen molar-refractivity contribution in [2.45, 2.75) is 65.2 Å². The minimum Gasteiger partial charge on any atom is -0.246 e. The van der Waals surface area contributed by atoms with Gasteiger partial charge in [-0.3, -0.25) is 0 Å². The van der Waals surface area contributed by atoms with Crippen LogP contribution in [0.1, 0.15) is 65.2 Å². The van der Waals surface area contributed by atoms with Gasteiger partial charge in [-0.15, -0.1) is 0 Å². The summed E-state index contributed by atoms with van der Waals surface area (Å²) in [5.41, 5.74) is 0. The van der Waals surface area contributed by atoms with Crippen LogP contribution in [-0.2, 0) is 23.8 Å². The monoisotopic (exact) mass is 282 g/mol. The second kappa shape index (κ2) is 11.9. The fourth-order valence-corrected chi connectivity index (χ4v) is 2.10. The van der Waals surface area contributed by atoms with E-state index in [2.05, 4.69) is 20.3 Å². The van der Waals surface area contributed by atoms with Gasteiger partial charge in [0, 0.05) is 0 Å². The summed E-state index contributed by atoms with van der Waals surface area (Å²) in [4.78, 5) is 4.32. The van der Waals surface area contributed by atoms with E-state index < -0.39 is 10.4 Å². The summed E-state index contributed by atoms with van der Waals surface area (Å²) < 4.78 is 30.8. The van der Waals surface area contributed by atoms with Gasteiger partial charge >= 0.3 is 10.4 Å². The van der Waals surface area contributed by atoms with Crippen molar-refractivity contribution in [2.24, 2.45) is 0 Å². The number of hydrogen-bond acceptors (Lipinski definition) is 5. The van der Waals surface area contributed by atoms with E-state index in [9.17, 15) is 8.42 Å². The normalized spacial score (nSPS) is 11.9. The molecule has 18 heavy (non-hydrogen) atoms. The Labute approximate surface area is 111 Å². The van der Waals surface area contributed by atoms with Crippen molar-refractivity contribution >= 4 is 10.4 Å². The zero-order chi connectivity index (χ0) is 13.7. The lowest BCUT2D eigenvalue weighted by atomic mass is 10.1. The number of unbranched alkanes of at least 4 members (excludes halogenated alkanes) is 7. The largest absolute Gasteiger partial charge is 0.426 e. The molecule has 0 atom stereocenters.